The Balaban J connectivity index is 2.28. The molecule has 5 nitrogen and oxygen atoms in total. The first-order valence-corrected chi connectivity index (χ1v) is 5.27. The highest BCUT2D eigenvalue weighted by atomic mass is 16.5. The number of rotatable bonds is 5. The fraction of sp³-hybridized carbons (Fsp3) is 0.333. The van der Waals surface area contributed by atoms with Crippen molar-refractivity contribution in [3.05, 3.63) is 35.9 Å². The van der Waals surface area contributed by atoms with Crippen molar-refractivity contribution >= 4 is 12.1 Å². The van der Waals surface area contributed by atoms with Crippen molar-refractivity contribution in [1.82, 2.24) is 5.32 Å². The second-order valence-corrected chi connectivity index (χ2v) is 3.70. The summed E-state index contributed by atoms with van der Waals surface area (Å²) in [6, 6.07) is 8.81. The minimum absolute atomic E-state index is 0.125. The van der Waals surface area contributed by atoms with E-state index in [2.05, 4.69) is 5.32 Å². The number of ether oxygens (including phenoxy) is 1. The van der Waals surface area contributed by atoms with Gasteiger partial charge in [-0.1, -0.05) is 30.3 Å². The molecule has 2 N–H and O–H groups in total. The van der Waals surface area contributed by atoms with E-state index in [0.29, 0.717) is 0 Å². The maximum Gasteiger partial charge on any atom is 0.407 e. The van der Waals surface area contributed by atoms with Gasteiger partial charge in [0.2, 0.25) is 0 Å². The van der Waals surface area contributed by atoms with Crippen molar-refractivity contribution in [2.45, 2.75) is 26.0 Å². The molecule has 0 aliphatic heterocycles. The number of benzene rings is 1. The van der Waals surface area contributed by atoms with E-state index in [1.54, 1.807) is 6.92 Å². The highest BCUT2D eigenvalue weighted by Crippen LogP contribution is 2.01. The standard InChI is InChI=1S/C12H15NO4/c1-9(7-11(14)15)13-12(16)17-8-10-5-3-2-4-6-10/h2-6,9H,7-8H2,1H3,(H,13,16)(H,14,15)/t9-/m0/s1. The van der Waals surface area contributed by atoms with E-state index >= 15 is 0 Å². The zero-order chi connectivity index (χ0) is 12.7. The minimum atomic E-state index is -0.958. The molecule has 0 unspecified atom stereocenters. The third-order valence-corrected chi connectivity index (χ3v) is 2.06. The van der Waals surface area contributed by atoms with E-state index in [1.165, 1.54) is 0 Å². The molecule has 92 valence electrons. The SMILES string of the molecule is C[C@@H](CC(=O)O)NC(=O)OCc1ccccc1. The lowest BCUT2D eigenvalue weighted by Crippen LogP contribution is -2.34. The Kier molecular flexibility index (Phi) is 5.00. The maximum atomic E-state index is 11.3. The molecule has 0 saturated heterocycles. The Morgan fingerprint density at radius 1 is 1.35 bits per heavy atom. The Labute approximate surface area is 99.4 Å². The van der Waals surface area contributed by atoms with Gasteiger partial charge in [-0.2, -0.15) is 0 Å². The van der Waals surface area contributed by atoms with E-state index in [-0.39, 0.29) is 13.0 Å². The molecule has 0 aromatic heterocycles. The Bertz CT molecular complexity index is 377. The van der Waals surface area contributed by atoms with Gasteiger partial charge >= 0.3 is 12.1 Å². The number of carbonyl (C=O) groups excluding carboxylic acids is 1. The average molecular weight is 237 g/mol. The van der Waals surface area contributed by atoms with Gasteiger partial charge in [0.1, 0.15) is 6.61 Å². The summed E-state index contributed by atoms with van der Waals surface area (Å²) in [4.78, 5) is 21.7. The first-order valence-electron chi connectivity index (χ1n) is 5.27. The van der Waals surface area contributed by atoms with Crippen molar-refractivity contribution in [2.75, 3.05) is 0 Å². The number of alkyl carbamates (subject to hydrolysis) is 1. The van der Waals surface area contributed by atoms with Crippen LogP contribution in [0.1, 0.15) is 18.9 Å². The summed E-state index contributed by atoms with van der Waals surface area (Å²) in [5, 5.41) is 11.0. The second kappa shape index (κ2) is 6.52. The molecule has 0 bridgehead atoms. The van der Waals surface area contributed by atoms with Crippen molar-refractivity contribution < 1.29 is 19.4 Å². The lowest BCUT2D eigenvalue weighted by molar-refractivity contribution is -0.137. The molecule has 0 heterocycles. The van der Waals surface area contributed by atoms with E-state index < -0.39 is 18.1 Å². The van der Waals surface area contributed by atoms with E-state index in [4.69, 9.17) is 9.84 Å². The average Bonchev–Trinajstić information content (AvgIpc) is 2.26. The summed E-state index contributed by atoms with van der Waals surface area (Å²) in [6.07, 6.45) is -0.733. The molecule has 1 amide bonds. The fourth-order valence-electron chi connectivity index (χ4n) is 1.28. The van der Waals surface area contributed by atoms with Crippen LogP contribution in [-0.2, 0) is 16.1 Å². The third-order valence-electron chi connectivity index (χ3n) is 2.06. The molecular weight excluding hydrogens is 222 g/mol. The monoisotopic (exact) mass is 237 g/mol. The summed E-state index contributed by atoms with van der Waals surface area (Å²) in [7, 11) is 0. The molecule has 1 aromatic carbocycles. The van der Waals surface area contributed by atoms with E-state index in [1.807, 2.05) is 30.3 Å². The van der Waals surface area contributed by atoms with Gasteiger partial charge in [-0.15, -0.1) is 0 Å². The number of carboxylic acid groups (broad SMARTS) is 1. The number of hydrogen-bond acceptors (Lipinski definition) is 3. The Morgan fingerprint density at radius 3 is 2.59 bits per heavy atom. The van der Waals surface area contributed by atoms with Crippen LogP contribution in [0.5, 0.6) is 0 Å². The third kappa shape index (κ3) is 5.55. The number of hydrogen-bond donors (Lipinski definition) is 2. The fourth-order valence-corrected chi connectivity index (χ4v) is 1.28. The van der Waals surface area contributed by atoms with Gasteiger partial charge < -0.3 is 15.2 Å². The summed E-state index contributed by atoms with van der Waals surface area (Å²) >= 11 is 0. The van der Waals surface area contributed by atoms with Crippen LogP contribution in [0.25, 0.3) is 0 Å². The van der Waals surface area contributed by atoms with Gasteiger partial charge in [0, 0.05) is 6.04 Å². The largest absolute Gasteiger partial charge is 0.481 e. The highest BCUT2D eigenvalue weighted by molar-refractivity contribution is 5.71. The summed E-state index contributed by atoms with van der Waals surface area (Å²) < 4.78 is 4.94. The lowest BCUT2D eigenvalue weighted by Gasteiger charge is -2.11. The molecule has 17 heavy (non-hydrogen) atoms. The zero-order valence-electron chi connectivity index (χ0n) is 9.55. The molecule has 5 heteroatoms. The van der Waals surface area contributed by atoms with Gasteiger partial charge in [-0.25, -0.2) is 4.79 Å². The van der Waals surface area contributed by atoms with Crippen LogP contribution in [-0.4, -0.2) is 23.2 Å². The van der Waals surface area contributed by atoms with Crippen molar-refractivity contribution in [2.24, 2.45) is 0 Å². The number of carboxylic acids is 1. The number of nitrogens with one attached hydrogen (secondary N) is 1. The van der Waals surface area contributed by atoms with E-state index in [9.17, 15) is 9.59 Å². The molecule has 0 aliphatic carbocycles. The number of aliphatic carboxylic acids is 1. The van der Waals surface area contributed by atoms with Crippen molar-refractivity contribution in [1.29, 1.82) is 0 Å². The quantitative estimate of drug-likeness (QED) is 0.818. The molecule has 1 aromatic rings. The molecule has 1 rings (SSSR count). The maximum absolute atomic E-state index is 11.3. The van der Waals surface area contributed by atoms with E-state index in [0.717, 1.165) is 5.56 Å². The number of amides is 1. The van der Waals surface area contributed by atoms with Gasteiger partial charge in [0.15, 0.2) is 0 Å². The molecule has 0 radical (unpaired) electrons. The zero-order valence-corrected chi connectivity index (χ0v) is 9.55. The van der Waals surface area contributed by atoms with Crippen LogP contribution in [0, 0.1) is 0 Å². The summed E-state index contributed by atoms with van der Waals surface area (Å²) in [6.45, 7) is 1.78. The van der Waals surface area contributed by atoms with Crippen LogP contribution in [0.15, 0.2) is 30.3 Å². The molecule has 0 fully saturated rings. The van der Waals surface area contributed by atoms with Gasteiger partial charge in [-0.05, 0) is 12.5 Å². The molecule has 0 spiro atoms. The first kappa shape index (κ1) is 13.0. The summed E-state index contributed by atoms with van der Waals surface area (Å²) in [5.74, 6) is -0.958. The predicted octanol–water partition coefficient (Wildman–Crippen LogP) is 1.78. The van der Waals surface area contributed by atoms with Crippen LogP contribution >= 0.6 is 0 Å². The topological polar surface area (TPSA) is 75.6 Å². The van der Waals surface area contributed by atoms with Crippen LogP contribution < -0.4 is 5.32 Å². The number of carbonyl (C=O) groups is 2. The predicted molar refractivity (Wildman–Crippen MR) is 61.5 cm³/mol. The van der Waals surface area contributed by atoms with Crippen molar-refractivity contribution in [3.8, 4) is 0 Å². The van der Waals surface area contributed by atoms with Crippen LogP contribution in [0.2, 0.25) is 0 Å². The van der Waals surface area contributed by atoms with Crippen LogP contribution in [0.3, 0.4) is 0 Å². The Morgan fingerprint density at radius 2 is 2.00 bits per heavy atom. The van der Waals surface area contributed by atoms with Gasteiger partial charge in [0.25, 0.3) is 0 Å². The molecule has 0 saturated carbocycles. The molecule has 0 aliphatic rings. The molecule has 1 atom stereocenters. The normalized spacial score (nSPS) is 11.6. The second-order valence-electron chi connectivity index (χ2n) is 3.70. The summed E-state index contributed by atoms with van der Waals surface area (Å²) in [5.41, 5.74) is 0.883. The highest BCUT2D eigenvalue weighted by Gasteiger charge is 2.11. The van der Waals surface area contributed by atoms with Crippen molar-refractivity contribution in [3.63, 3.8) is 0 Å². The minimum Gasteiger partial charge on any atom is -0.481 e. The van der Waals surface area contributed by atoms with Gasteiger partial charge in [0.05, 0.1) is 6.42 Å². The first-order chi connectivity index (χ1) is 8.08. The molecular formula is C12H15NO4. The van der Waals surface area contributed by atoms with Crippen LogP contribution in [0.4, 0.5) is 4.79 Å². The lowest BCUT2D eigenvalue weighted by atomic mass is 10.2. The smallest absolute Gasteiger partial charge is 0.407 e. The Hall–Kier alpha value is -2.04. The van der Waals surface area contributed by atoms with Gasteiger partial charge in [-0.3, -0.25) is 4.79 Å².